The van der Waals surface area contributed by atoms with Crippen molar-refractivity contribution in [3.63, 3.8) is 0 Å². The Morgan fingerprint density at radius 1 is 1.32 bits per heavy atom. The molecule has 1 aliphatic rings. The maximum Gasteiger partial charge on any atom is 0.294 e. The number of hydrazine groups is 1. The zero-order valence-corrected chi connectivity index (χ0v) is 15.4. The number of aryl methyl sites for hydroxylation is 1. The first-order valence-electron chi connectivity index (χ1n) is 8.09. The summed E-state index contributed by atoms with van der Waals surface area (Å²) in [4.78, 5) is 12.6. The third kappa shape index (κ3) is 4.29. The Hall–Kier alpha value is -2.12. The van der Waals surface area contributed by atoms with Crippen LogP contribution in [-0.2, 0) is 6.42 Å². The lowest BCUT2D eigenvalue weighted by atomic mass is 10.1. The number of carbonyl (C=O) groups excluding carboxylic acids is 1. The Labute approximate surface area is 156 Å². The summed E-state index contributed by atoms with van der Waals surface area (Å²) in [5.41, 5.74) is 1.47. The number of carbonyl (C=O) groups is 1. The second-order valence-electron chi connectivity index (χ2n) is 5.84. The molecule has 1 aromatic heterocycles. The van der Waals surface area contributed by atoms with E-state index in [9.17, 15) is 4.79 Å². The molecule has 0 saturated carbocycles. The molecule has 0 bridgehead atoms. The molecule has 1 amide bonds. The predicted molar refractivity (Wildman–Crippen MR) is 99.4 cm³/mol. The fourth-order valence-electron chi connectivity index (χ4n) is 2.69. The highest BCUT2D eigenvalue weighted by molar-refractivity contribution is 7.80. The summed E-state index contributed by atoms with van der Waals surface area (Å²) in [6.45, 7) is 3.76. The predicted octanol–water partition coefficient (Wildman–Crippen LogP) is 2.82. The van der Waals surface area contributed by atoms with Gasteiger partial charge in [-0.1, -0.05) is 28.9 Å². The molecule has 3 rings (SSSR count). The molecule has 0 spiro atoms. The number of nitrogens with one attached hydrogen (secondary N) is 1. The van der Waals surface area contributed by atoms with Crippen LogP contribution in [0.15, 0.2) is 34.9 Å². The first-order valence-corrected chi connectivity index (χ1v) is 8.88. The first kappa shape index (κ1) is 17.7. The van der Waals surface area contributed by atoms with Crippen molar-refractivity contribution in [3.05, 3.63) is 52.4 Å². The average Bonchev–Trinajstić information content (AvgIpc) is 3.25. The van der Waals surface area contributed by atoms with Gasteiger partial charge in [0.2, 0.25) is 0 Å². The van der Waals surface area contributed by atoms with Crippen LogP contribution in [0.5, 0.6) is 0 Å². The van der Waals surface area contributed by atoms with Crippen LogP contribution < -0.4 is 5.32 Å². The van der Waals surface area contributed by atoms with Crippen molar-refractivity contribution < 1.29 is 9.32 Å². The summed E-state index contributed by atoms with van der Waals surface area (Å²) in [7, 11) is 0. The molecule has 0 aliphatic carbocycles. The van der Waals surface area contributed by atoms with Crippen LogP contribution in [0.25, 0.3) is 0 Å². The van der Waals surface area contributed by atoms with Crippen molar-refractivity contribution >= 4 is 34.8 Å². The summed E-state index contributed by atoms with van der Waals surface area (Å²) in [5.74, 6) is 0.411. The number of thiocarbonyl (C=S) groups is 1. The van der Waals surface area contributed by atoms with Crippen molar-refractivity contribution in [2.75, 3.05) is 19.6 Å². The Morgan fingerprint density at radius 3 is 2.72 bits per heavy atom. The number of nitrogens with zero attached hydrogens (tertiary/aromatic N) is 3. The van der Waals surface area contributed by atoms with Gasteiger partial charge in [0, 0.05) is 30.7 Å². The monoisotopic (exact) mass is 378 g/mol. The van der Waals surface area contributed by atoms with Gasteiger partial charge in [-0.15, -0.1) is 0 Å². The Balaban J connectivity index is 1.55. The molecule has 1 saturated heterocycles. The highest BCUT2D eigenvalue weighted by Gasteiger charge is 2.30. The topological polar surface area (TPSA) is 61.6 Å². The molecule has 6 nitrogen and oxygen atoms in total. The number of hydrogen-bond acceptors (Lipinski definition) is 4. The summed E-state index contributed by atoms with van der Waals surface area (Å²) in [6.07, 6.45) is 1.68. The van der Waals surface area contributed by atoms with Crippen molar-refractivity contribution in [1.29, 1.82) is 0 Å². The van der Waals surface area contributed by atoms with Crippen molar-refractivity contribution in [2.24, 2.45) is 0 Å². The molecule has 1 aliphatic heterocycles. The van der Waals surface area contributed by atoms with Crippen LogP contribution in [0.2, 0.25) is 5.02 Å². The fraction of sp³-hybridized carbons (Fsp3) is 0.353. The lowest BCUT2D eigenvalue weighted by molar-refractivity contribution is 0.0481. The number of rotatable bonds is 4. The van der Waals surface area contributed by atoms with E-state index in [1.807, 2.05) is 24.3 Å². The standard InChI is InChI=1S/C17H19ClN4O2S/c1-12-11-15(20-24-12)16(23)21-9-2-10-22(21)17(25)19-8-7-13-3-5-14(18)6-4-13/h3-6,11H,2,7-10H2,1H3,(H,19,25). The van der Waals surface area contributed by atoms with E-state index in [1.165, 1.54) is 5.56 Å². The minimum absolute atomic E-state index is 0.198. The minimum atomic E-state index is -0.198. The van der Waals surface area contributed by atoms with Gasteiger partial charge in [0.15, 0.2) is 10.8 Å². The Kier molecular flexibility index (Phi) is 5.55. The van der Waals surface area contributed by atoms with Crippen LogP contribution in [0, 0.1) is 6.92 Å². The fourth-order valence-corrected chi connectivity index (χ4v) is 3.11. The third-order valence-corrected chi connectivity index (χ3v) is 4.56. The largest absolute Gasteiger partial charge is 0.361 e. The second-order valence-corrected chi connectivity index (χ2v) is 6.66. The van der Waals surface area contributed by atoms with E-state index in [1.54, 1.807) is 23.0 Å². The van der Waals surface area contributed by atoms with E-state index in [-0.39, 0.29) is 5.91 Å². The van der Waals surface area contributed by atoms with Gasteiger partial charge in [0.05, 0.1) is 0 Å². The van der Waals surface area contributed by atoms with Crippen molar-refractivity contribution in [1.82, 2.24) is 20.5 Å². The van der Waals surface area contributed by atoms with Crippen LogP contribution in [-0.4, -0.2) is 45.8 Å². The van der Waals surface area contributed by atoms with E-state index in [0.29, 0.717) is 36.2 Å². The molecule has 0 radical (unpaired) electrons. The van der Waals surface area contributed by atoms with E-state index in [4.69, 9.17) is 28.3 Å². The maximum absolute atomic E-state index is 12.6. The molecule has 132 valence electrons. The van der Waals surface area contributed by atoms with E-state index in [2.05, 4.69) is 10.5 Å². The third-order valence-electron chi connectivity index (χ3n) is 3.95. The quantitative estimate of drug-likeness (QED) is 0.825. The Bertz CT molecular complexity index is 762. The van der Waals surface area contributed by atoms with Gasteiger partial charge in [0.1, 0.15) is 5.76 Å². The van der Waals surface area contributed by atoms with Crippen LogP contribution >= 0.6 is 23.8 Å². The Morgan fingerprint density at radius 2 is 2.04 bits per heavy atom. The van der Waals surface area contributed by atoms with Crippen LogP contribution in [0.3, 0.4) is 0 Å². The van der Waals surface area contributed by atoms with Gasteiger partial charge >= 0.3 is 0 Å². The summed E-state index contributed by atoms with van der Waals surface area (Å²) >= 11 is 11.3. The zero-order valence-electron chi connectivity index (χ0n) is 13.9. The highest BCUT2D eigenvalue weighted by atomic mass is 35.5. The summed E-state index contributed by atoms with van der Waals surface area (Å²) < 4.78 is 4.99. The molecule has 25 heavy (non-hydrogen) atoms. The number of amides is 1. The lowest BCUT2D eigenvalue weighted by Gasteiger charge is -2.29. The average molecular weight is 379 g/mol. The molecule has 2 heterocycles. The molecule has 0 atom stereocenters. The van der Waals surface area contributed by atoms with E-state index >= 15 is 0 Å². The molecular formula is C17H19ClN4O2S. The minimum Gasteiger partial charge on any atom is -0.361 e. The number of aromatic nitrogens is 1. The van der Waals surface area contributed by atoms with Crippen molar-refractivity contribution in [3.8, 4) is 0 Å². The number of hydrogen-bond donors (Lipinski definition) is 1. The van der Waals surface area contributed by atoms with Gasteiger partial charge in [-0.2, -0.15) is 0 Å². The van der Waals surface area contributed by atoms with Gasteiger partial charge in [-0.25, -0.2) is 5.01 Å². The van der Waals surface area contributed by atoms with Gasteiger partial charge < -0.3 is 9.84 Å². The molecule has 1 fully saturated rings. The van der Waals surface area contributed by atoms with Gasteiger partial charge in [0.25, 0.3) is 5.91 Å². The molecule has 8 heteroatoms. The maximum atomic E-state index is 12.6. The van der Waals surface area contributed by atoms with Crippen molar-refractivity contribution in [2.45, 2.75) is 19.8 Å². The number of halogens is 1. The first-order chi connectivity index (χ1) is 12.0. The summed E-state index contributed by atoms with van der Waals surface area (Å²) in [5, 5.41) is 11.7. The molecule has 0 unspecified atom stereocenters. The molecule has 1 N–H and O–H groups in total. The smallest absolute Gasteiger partial charge is 0.294 e. The number of benzene rings is 1. The second kappa shape index (κ2) is 7.84. The van der Waals surface area contributed by atoms with Gasteiger partial charge in [-0.05, 0) is 49.7 Å². The van der Waals surface area contributed by atoms with E-state index < -0.39 is 0 Å². The van der Waals surface area contributed by atoms with Gasteiger partial charge in [-0.3, -0.25) is 9.80 Å². The zero-order chi connectivity index (χ0) is 17.8. The van der Waals surface area contributed by atoms with Crippen LogP contribution in [0.4, 0.5) is 0 Å². The highest BCUT2D eigenvalue weighted by Crippen LogP contribution is 2.15. The summed E-state index contributed by atoms with van der Waals surface area (Å²) in [6, 6.07) is 9.36. The van der Waals surface area contributed by atoms with Crippen LogP contribution in [0.1, 0.15) is 28.2 Å². The normalized spacial score (nSPS) is 14.0. The SMILES string of the molecule is Cc1cc(C(=O)N2CCCN2C(=S)NCCc2ccc(Cl)cc2)no1. The lowest BCUT2D eigenvalue weighted by Crippen LogP contribution is -2.49. The molecule has 2 aromatic rings. The molecular weight excluding hydrogens is 360 g/mol. The molecule has 1 aromatic carbocycles. The van der Waals surface area contributed by atoms with E-state index in [0.717, 1.165) is 17.9 Å².